The Morgan fingerprint density at radius 1 is 1.24 bits per heavy atom. The maximum absolute atomic E-state index is 11.9. The van der Waals surface area contributed by atoms with E-state index in [1.165, 1.54) is 6.20 Å². The molecule has 0 atom stereocenters. The first-order valence-electron chi connectivity index (χ1n) is 5.23. The van der Waals surface area contributed by atoms with Gasteiger partial charge in [-0.05, 0) is 0 Å². The number of rotatable bonds is 1. The fraction of sp³-hybridized carbons (Fsp3) is 0.0833. The fourth-order valence-electron chi connectivity index (χ4n) is 1.90. The number of nitrogens with one attached hydrogen (secondary N) is 1. The van der Waals surface area contributed by atoms with Crippen molar-refractivity contribution in [2.75, 3.05) is 0 Å². The predicted molar refractivity (Wildman–Crippen MR) is 64.6 cm³/mol. The van der Waals surface area contributed by atoms with Gasteiger partial charge >= 0.3 is 0 Å². The molecule has 0 aliphatic rings. The van der Waals surface area contributed by atoms with Crippen molar-refractivity contribution >= 4 is 11.0 Å². The maximum atomic E-state index is 11.9. The van der Waals surface area contributed by atoms with Gasteiger partial charge in [0.2, 0.25) is 5.43 Å². The van der Waals surface area contributed by atoms with Crippen molar-refractivity contribution in [3.8, 4) is 11.3 Å². The van der Waals surface area contributed by atoms with Crippen LogP contribution in [-0.2, 0) is 7.05 Å². The highest BCUT2D eigenvalue weighted by Gasteiger charge is 2.13. The Morgan fingerprint density at radius 2 is 2.00 bits per heavy atom. The van der Waals surface area contributed by atoms with Gasteiger partial charge in [-0.15, -0.1) is 0 Å². The second-order valence-corrected chi connectivity index (χ2v) is 3.80. The molecule has 0 saturated heterocycles. The van der Waals surface area contributed by atoms with Gasteiger partial charge in [-0.2, -0.15) is 10.2 Å². The molecule has 0 fully saturated rings. The summed E-state index contributed by atoms with van der Waals surface area (Å²) in [6.07, 6.45) is 1.27. The van der Waals surface area contributed by atoms with E-state index in [1.807, 2.05) is 30.3 Å². The Hall–Kier alpha value is -2.43. The fourth-order valence-corrected chi connectivity index (χ4v) is 1.90. The second-order valence-electron chi connectivity index (χ2n) is 3.80. The zero-order valence-corrected chi connectivity index (χ0v) is 9.21. The molecule has 2 heterocycles. The normalized spacial score (nSPS) is 10.9. The average molecular weight is 226 g/mol. The number of nitrogens with zero attached hydrogens (tertiary/aromatic N) is 3. The van der Waals surface area contributed by atoms with Gasteiger partial charge in [0.25, 0.3) is 0 Å². The number of hydrogen-bond donors (Lipinski definition) is 1. The zero-order valence-electron chi connectivity index (χ0n) is 9.21. The number of H-pyrrole nitrogens is 1. The molecule has 0 spiro atoms. The highest BCUT2D eigenvalue weighted by atomic mass is 16.1. The highest BCUT2D eigenvalue weighted by Crippen LogP contribution is 2.22. The largest absolute Gasteiger partial charge is 0.287 e. The summed E-state index contributed by atoms with van der Waals surface area (Å²) in [6.45, 7) is 0. The second kappa shape index (κ2) is 3.55. The average Bonchev–Trinajstić information content (AvgIpc) is 2.70. The molecule has 84 valence electrons. The van der Waals surface area contributed by atoms with Crippen molar-refractivity contribution in [2.24, 2.45) is 7.05 Å². The molecule has 0 saturated carbocycles. The van der Waals surface area contributed by atoms with Crippen LogP contribution in [0.3, 0.4) is 0 Å². The molecule has 0 unspecified atom stereocenters. The molecule has 3 aromatic rings. The summed E-state index contributed by atoms with van der Waals surface area (Å²) >= 11 is 0. The Labute approximate surface area is 96.7 Å². The van der Waals surface area contributed by atoms with Gasteiger partial charge in [-0.25, -0.2) is 0 Å². The van der Waals surface area contributed by atoms with Crippen LogP contribution < -0.4 is 5.43 Å². The van der Waals surface area contributed by atoms with E-state index in [2.05, 4.69) is 15.3 Å². The molecule has 0 radical (unpaired) electrons. The molecule has 2 aromatic heterocycles. The minimum Gasteiger partial charge on any atom is -0.287 e. The number of benzene rings is 1. The zero-order chi connectivity index (χ0) is 11.8. The van der Waals surface area contributed by atoms with Crippen LogP contribution in [0.25, 0.3) is 22.3 Å². The van der Waals surface area contributed by atoms with E-state index in [9.17, 15) is 4.79 Å². The van der Waals surface area contributed by atoms with Gasteiger partial charge in [0.05, 0.1) is 11.6 Å². The molecular formula is C12H10N4O. The lowest BCUT2D eigenvalue weighted by Crippen LogP contribution is -2.03. The van der Waals surface area contributed by atoms with E-state index in [4.69, 9.17) is 0 Å². The molecule has 0 bridgehead atoms. The van der Waals surface area contributed by atoms with Crippen molar-refractivity contribution in [3.63, 3.8) is 0 Å². The summed E-state index contributed by atoms with van der Waals surface area (Å²) in [7, 11) is 1.78. The minimum atomic E-state index is -0.120. The summed E-state index contributed by atoms with van der Waals surface area (Å²) in [5, 5.41) is 11.5. The monoisotopic (exact) mass is 226 g/mol. The summed E-state index contributed by atoms with van der Waals surface area (Å²) in [6, 6.07) is 9.64. The van der Waals surface area contributed by atoms with E-state index < -0.39 is 0 Å². The van der Waals surface area contributed by atoms with E-state index in [-0.39, 0.29) is 5.43 Å². The highest BCUT2D eigenvalue weighted by molar-refractivity contribution is 5.90. The van der Waals surface area contributed by atoms with Crippen molar-refractivity contribution in [1.82, 2.24) is 20.0 Å². The summed E-state index contributed by atoms with van der Waals surface area (Å²) in [5.74, 6) is 0. The standard InChI is InChI=1S/C12H10N4O/c1-16-12-10(9(17)7-13-14-12)11(15-16)8-5-3-2-4-6-8/h2-7H,1H3,(H,14,17). The smallest absolute Gasteiger partial charge is 0.211 e. The molecule has 3 rings (SSSR count). The maximum Gasteiger partial charge on any atom is 0.211 e. The van der Waals surface area contributed by atoms with E-state index >= 15 is 0 Å². The van der Waals surface area contributed by atoms with Gasteiger partial charge in [-0.1, -0.05) is 30.3 Å². The lowest BCUT2D eigenvalue weighted by atomic mass is 10.1. The summed E-state index contributed by atoms with van der Waals surface area (Å²) in [4.78, 5) is 11.9. The molecule has 5 heteroatoms. The number of hydrogen-bond acceptors (Lipinski definition) is 3. The molecule has 0 aliphatic heterocycles. The van der Waals surface area contributed by atoms with Crippen molar-refractivity contribution in [1.29, 1.82) is 0 Å². The molecule has 0 amide bonds. The third-order valence-corrected chi connectivity index (χ3v) is 2.69. The first-order valence-corrected chi connectivity index (χ1v) is 5.23. The third-order valence-electron chi connectivity index (χ3n) is 2.69. The van der Waals surface area contributed by atoms with Crippen molar-refractivity contribution in [2.45, 2.75) is 0 Å². The molecule has 17 heavy (non-hydrogen) atoms. The van der Waals surface area contributed by atoms with Crippen LogP contribution in [0, 0.1) is 0 Å². The van der Waals surface area contributed by atoms with Crippen LogP contribution in [0.5, 0.6) is 0 Å². The van der Waals surface area contributed by atoms with Crippen LogP contribution in [-0.4, -0.2) is 20.0 Å². The number of aromatic amines is 1. The third kappa shape index (κ3) is 1.44. The van der Waals surface area contributed by atoms with Crippen molar-refractivity contribution < 1.29 is 0 Å². The Kier molecular flexibility index (Phi) is 2.04. The molecule has 0 aliphatic carbocycles. The lowest BCUT2D eigenvalue weighted by Gasteiger charge is -1.95. The topological polar surface area (TPSA) is 63.6 Å². The first-order chi connectivity index (χ1) is 8.27. The van der Waals surface area contributed by atoms with Crippen molar-refractivity contribution in [3.05, 3.63) is 46.8 Å². The minimum absolute atomic E-state index is 0.120. The predicted octanol–water partition coefficient (Wildman–Crippen LogP) is 1.32. The number of fused-ring (bicyclic) bond motifs is 1. The Morgan fingerprint density at radius 3 is 2.76 bits per heavy atom. The SMILES string of the molecule is Cn1nc(-c2ccccc2)c2c(=O)cn[nH]c21. The van der Waals surface area contributed by atoms with E-state index in [0.717, 1.165) is 5.56 Å². The van der Waals surface area contributed by atoms with Gasteiger partial charge < -0.3 is 0 Å². The Bertz CT molecular complexity index is 727. The molecule has 5 nitrogen and oxygen atoms in total. The molecule has 1 N–H and O–H groups in total. The van der Waals surface area contributed by atoms with Gasteiger partial charge in [-0.3, -0.25) is 14.6 Å². The summed E-state index contributed by atoms with van der Waals surface area (Å²) in [5.41, 5.74) is 2.13. The van der Waals surface area contributed by atoms with E-state index in [0.29, 0.717) is 16.7 Å². The first kappa shape index (κ1) is 9.77. The molecular weight excluding hydrogens is 216 g/mol. The molecule has 1 aromatic carbocycles. The summed E-state index contributed by atoms with van der Waals surface area (Å²) < 4.78 is 1.63. The lowest BCUT2D eigenvalue weighted by molar-refractivity contribution is 0.780. The van der Waals surface area contributed by atoms with Gasteiger partial charge in [0.15, 0.2) is 5.65 Å². The van der Waals surface area contributed by atoms with Crippen LogP contribution in [0.15, 0.2) is 41.3 Å². The van der Waals surface area contributed by atoms with Gasteiger partial charge in [0.1, 0.15) is 5.69 Å². The quantitative estimate of drug-likeness (QED) is 0.680. The number of aryl methyl sites for hydroxylation is 1. The van der Waals surface area contributed by atoms with Gasteiger partial charge in [0, 0.05) is 12.6 Å². The van der Waals surface area contributed by atoms with Crippen LogP contribution in [0.4, 0.5) is 0 Å². The Balaban J connectivity index is 2.43. The van der Waals surface area contributed by atoms with Crippen LogP contribution in [0.1, 0.15) is 0 Å². The number of aromatic nitrogens is 4. The van der Waals surface area contributed by atoms with Crippen LogP contribution >= 0.6 is 0 Å². The van der Waals surface area contributed by atoms with Crippen LogP contribution in [0.2, 0.25) is 0 Å². The van der Waals surface area contributed by atoms with E-state index in [1.54, 1.807) is 11.7 Å².